The van der Waals surface area contributed by atoms with Crippen LogP contribution in [0.2, 0.25) is 0 Å². The van der Waals surface area contributed by atoms with Crippen LogP contribution in [0.1, 0.15) is 82.6 Å². The van der Waals surface area contributed by atoms with Gasteiger partial charge in [0.05, 0.1) is 11.2 Å². The van der Waals surface area contributed by atoms with Gasteiger partial charge in [-0.2, -0.15) is 0 Å². The number of fused-ring (bicyclic) bond motifs is 2. The maximum atomic E-state index is 7.54. The molecule has 0 radical (unpaired) electrons. The van der Waals surface area contributed by atoms with E-state index in [1.807, 2.05) is 0 Å². The topological polar surface area (TPSA) is 12.5 Å². The Kier molecular flexibility index (Phi) is 4.44. The second kappa shape index (κ2) is 7.33. The van der Waals surface area contributed by atoms with Gasteiger partial charge in [-0.3, -0.25) is 0 Å². The lowest BCUT2D eigenvalue weighted by molar-refractivity contribution is -0.140. The van der Waals surface area contributed by atoms with Crippen molar-refractivity contribution in [3.8, 4) is 0 Å². The van der Waals surface area contributed by atoms with Crippen molar-refractivity contribution < 1.29 is 4.74 Å². The molecular weight excluding hydrogens is 426 g/mol. The Morgan fingerprint density at radius 2 is 1.80 bits per heavy atom. The number of likely N-dealkylation sites (tertiary alicyclic amines) is 1. The van der Waals surface area contributed by atoms with Gasteiger partial charge < -0.3 is 9.64 Å². The molecule has 2 nitrogen and oxygen atoms in total. The zero-order chi connectivity index (χ0) is 23.3. The van der Waals surface area contributed by atoms with Gasteiger partial charge in [0.2, 0.25) is 0 Å². The minimum Gasteiger partial charge on any atom is -0.359 e. The molecule has 8 rings (SSSR count). The lowest BCUT2D eigenvalue weighted by Gasteiger charge is -2.55. The van der Waals surface area contributed by atoms with E-state index >= 15 is 0 Å². The van der Waals surface area contributed by atoms with Crippen LogP contribution in [0.4, 0.5) is 0 Å². The summed E-state index contributed by atoms with van der Waals surface area (Å²) in [4.78, 5) is 2.79. The van der Waals surface area contributed by atoms with Crippen LogP contribution in [-0.4, -0.2) is 35.2 Å². The van der Waals surface area contributed by atoms with Crippen molar-refractivity contribution in [3.63, 3.8) is 0 Å². The Bertz CT molecular complexity index is 1250. The zero-order valence-corrected chi connectivity index (χ0v) is 21.3. The van der Waals surface area contributed by atoms with Crippen LogP contribution in [0, 0.1) is 11.3 Å². The van der Waals surface area contributed by atoms with E-state index in [-0.39, 0.29) is 16.6 Å². The first-order valence-corrected chi connectivity index (χ1v) is 14.4. The molecule has 3 heterocycles. The number of benzene rings is 2. The fourth-order valence-corrected chi connectivity index (χ4v) is 9.77. The summed E-state index contributed by atoms with van der Waals surface area (Å²) >= 11 is 0. The molecule has 2 saturated carbocycles. The molecule has 2 bridgehead atoms. The molecule has 3 aliphatic heterocycles. The number of rotatable bonds is 2. The summed E-state index contributed by atoms with van der Waals surface area (Å²) in [5.41, 5.74) is 5.03. The number of hydrogen-bond acceptors (Lipinski definition) is 2. The highest BCUT2D eigenvalue weighted by molar-refractivity contribution is 5.83. The first-order valence-electron chi connectivity index (χ1n) is 14.4. The monoisotopic (exact) mass is 465 g/mol. The Morgan fingerprint density at radius 1 is 0.943 bits per heavy atom. The molecule has 4 fully saturated rings. The van der Waals surface area contributed by atoms with Crippen LogP contribution in [-0.2, 0) is 4.74 Å². The number of allylic oxidation sites excluding steroid dienone is 1. The smallest absolute Gasteiger partial charge is 0.0974 e. The van der Waals surface area contributed by atoms with Crippen LogP contribution in [0.3, 0.4) is 0 Å². The molecule has 6 atom stereocenters. The van der Waals surface area contributed by atoms with Gasteiger partial charge in [0.15, 0.2) is 0 Å². The summed E-state index contributed by atoms with van der Waals surface area (Å²) in [6, 6.07) is 16.8. The van der Waals surface area contributed by atoms with Crippen LogP contribution in [0.5, 0.6) is 0 Å². The van der Waals surface area contributed by atoms with E-state index in [9.17, 15) is 0 Å². The number of nitrogens with zero attached hydrogens (tertiary/aromatic N) is 1. The van der Waals surface area contributed by atoms with Crippen molar-refractivity contribution >= 4 is 10.8 Å². The Hall–Kier alpha value is -1.90. The average molecular weight is 466 g/mol. The minimum absolute atomic E-state index is 0.0299. The molecule has 3 aliphatic carbocycles. The molecular formula is C33H39NO. The second-order valence-corrected chi connectivity index (χ2v) is 13.0. The second-order valence-electron chi connectivity index (χ2n) is 13.0. The largest absolute Gasteiger partial charge is 0.359 e. The lowest BCUT2D eigenvalue weighted by atomic mass is 9.58. The van der Waals surface area contributed by atoms with Gasteiger partial charge in [-0.25, -0.2) is 0 Å². The van der Waals surface area contributed by atoms with Crippen molar-refractivity contribution in [2.24, 2.45) is 11.3 Å². The average Bonchev–Trinajstić information content (AvgIpc) is 3.60. The van der Waals surface area contributed by atoms with Gasteiger partial charge in [0, 0.05) is 6.04 Å². The molecule has 0 amide bonds. The summed E-state index contributed by atoms with van der Waals surface area (Å²) in [6.45, 7) is 5.22. The number of hydrogen-bond donors (Lipinski definition) is 0. The molecule has 35 heavy (non-hydrogen) atoms. The molecule has 6 aliphatic rings. The Labute approximate surface area is 210 Å². The standard InChI is InChI=1S/C33H39NO/c1-31-15-14-27-21-26-10-11-28(34-18-4-5-19-34)22-32(26)16-17-33(27,35-32)30(31)13-12-29(31)25-9-8-23-6-2-3-7-24(23)20-25/h2-3,6-9,14,20-21,28-30H,4-5,10-13,15-19,22H2,1H3/t28-,29+,30+,31+,32?,33+/m0/s1. The Balaban J connectivity index is 1.15. The predicted octanol–water partition coefficient (Wildman–Crippen LogP) is 7.55. The highest BCUT2D eigenvalue weighted by Gasteiger charge is 2.66. The maximum Gasteiger partial charge on any atom is 0.0974 e. The highest BCUT2D eigenvalue weighted by Crippen LogP contribution is 2.69. The summed E-state index contributed by atoms with van der Waals surface area (Å²) in [5.74, 6) is 1.26. The van der Waals surface area contributed by atoms with E-state index in [1.54, 1.807) is 16.7 Å². The fraction of sp³-hybridized carbons (Fsp3) is 0.576. The lowest BCUT2D eigenvalue weighted by Crippen LogP contribution is -2.55. The van der Waals surface area contributed by atoms with E-state index in [0.29, 0.717) is 11.8 Å². The van der Waals surface area contributed by atoms with Gasteiger partial charge in [-0.05, 0) is 122 Å². The van der Waals surface area contributed by atoms with Gasteiger partial charge in [0.1, 0.15) is 0 Å². The molecule has 0 aromatic heterocycles. The first kappa shape index (κ1) is 21.2. The summed E-state index contributed by atoms with van der Waals surface area (Å²) in [6.07, 6.45) is 18.1. The van der Waals surface area contributed by atoms with Crippen molar-refractivity contribution in [1.29, 1.82) is 0 Å². The van der Waals surface area contributed by atoms with Crippen LogP contribution in [0.25, 0.3) is 10.8 Å². The fourth-order valence-electron chi connectivity index (χ4n) is 9.77. The van der Waals surface area contributed by atoms with Gasteiger partial charge >= 0.3 is 0 Å². The van der Waals surface area contributed by atoms with Crippen LogP contribution >= 0.6 is 0 Å². The molecule has 1 unspecified atom stereocenters. The molecule has 2 aromatic carbocycles. The summed E-state index contributed by atoms with van der Waals surface area (Å²) in [5, 5.41) is 2.75. The van der Waals surface area contributed by atoms with Gasteiger partial charge in [-0.15, -0.1) is 0 Å². The van der Waals surface area contributed by atoms with E-state index in [0.717, 1.165) is 6.04 Å². The van der Waals surface area contributed by atoms with E-state index < -0.39 is 0 Å². The zero-order valence-electron chi connectivity index (χ0n) is 21.3. The van der Waals surface area contributed by atoms with E-state index in [4.69, 9.17) is 4.74 Å². The molecule has 182 valence electrons. The Morgan fingerprint density at radius 3 is 2.69 bits per heavy atom. The van der Waals surface area contributed by atoms with Crippen LogP contribution < -0.4 is 0 Å². The molecule has 2 saturated heterocycles. The molecule has 0 N–H and O–H groups in total. The third-order valence-corrected chi connectivity index (χ3v) is 11.5. The highest BCUT2D eigenvalue weighted by atomic mass is 16.5. The normalized spacial score (nSPS) is 42.4. The molecule has 2 spiro atoms. The van der Waals surface area contributed by atoms with Crippen molar-refractivity contribution in [1.82, 2.24) is 4.90 Å². The SMILES string of the molecule is C[C@]12CC=C3C=C4CC[C@H](N5CCCC5)CC45CC[C@]3(O5)[C@@H]1CC[C@@H]2c1ccc2ccccc2c1. The quantitative estimate of drug-likeness (QED) is 0.454. The predicted molar refractivity (Wildman–Crippen MR) is 143 cm³/mol. The first-order chi connectivity index (χ1) is 17.1. The van der Waals surface area contributed by atoms with E-state index in [2.05, 4.69) is 66.4 Å². The minimum atomic E-state index is -0.0327. The summed E-state index contributed by atoms with van der Waals surface area (Å²) < 4.78 is 7.54. The van der Waals surface area contributed by atoms with Gasteiger partial charge in [0.25, 0.3) is 0 Å². The van der Waals surface area contributed by atoms with Crippen molar-refractivity contribution in [2.75, 3.05) is 13.1 Å². The van der Waals surface area contributed by atoms with Crippen molar-refractivity contribution in [3.05, 3.63) is 71.3 Å². The molecule has 2 aromatic rings. The van der Waals surface area contributed by atoms with E-state index in [1.165, 1.54) is 88.1 Å². The third kappa shape index (κ3) is 2.85. The summed E-state index contributed by atoms with van der Waals surface area (Å²) in [7, 11) is 0. The third-order valence-electron chi connectivity index (χ3n) is 11.5. The van der Waals surface area contributed by atoms with Crippen LogP contribution in [0.15, 0.2) is 65.8 Å². The number of ether oxygens (including phenoxy) is 1. The van der Waals surface area contributed by atoms with Gasteiger partial charge in [-0.1, -0.05) is 61.5 Å². The maximum absolute atomic E-state index is 7.54. The van der Waals surface area contributed by atoms with Crippen molar-refractivity contribution in [2.45, 2.75) is 94.3 Å². The molecule has 2 heteroatoms.